The topological polar surface area (TPSA) is 50.3 Å². The summed E-state index contributed by atoms with van der Waals surface area (Å²) in [4.78, 5) is 29.0. The van der Waals surface area contributed by atoms with Crippen molar-refractivity contribution in [3.8, 4) is 0 Å². The molecule has 1 aliphatic heterocycles. The van der Waals surface area contributed by atoms with E-state index in [4.69, 9.17) is 0 Å². The quantitative estimate of drug-likeness (QED) is 0.793. The van der Waals surface area contributed by atoms with Crippen molar-refractivity contribution in [1.29, 1.82) is 0 Å². The Labute approximate surface area is 122 Å². The van der Waals surface area contributed by atoms with Gasteiger partial charge in [-0.25, -0.2) is 4.39 Å². The highest BCUT2D eigenvalue weighted by Gasteiger charge is 2.35. The molecule has 0 spiro atoms. The average molecular weight is 335 g/mol. The predicted molar refractivity (Wildman–Crippen MR) is 73.9 cm³/mol. The molecule has 0 bridgehead atoms. The van der Waals surface area contributed by atoms with Crippen molar-refractivity contribution in [1.82, 2.24) is 4.98 Å². The van der Waals surface area contributed by atoms with Gasteiger partial charge >= 0.3 is 0 Å². The fourth-order valence-corrected chi connectivity index (χ4v) is 2.52. The number of aromatic nitrogens is 1. The van der Waals surface area contributed by atoms with Crippen LogP contribution in [0.25, 0.3) is 0 Å². The lowest BCUT2D eigenvalue weighted by Crippen LogP contribution is -2.29. The SMILES string of the molecule is O=C1C(=O)N(Cc2cncc(F)c2)c2ccc(Br)cc21. The lowest BCUT2D eigenvalue weighted by atomic mass is 10.1. The number of Topliss-reactive ketones (excluding diaryl/α,β-unsaturated/α-hetero) is 1. The molecule has 1 aromatic carbocycles. The second-order valence-electron chi connectivity index (χ2n) is 4.39. The largest absolute Gasteiger partial charge is 0.300 e. The van der Waals surface area contributed by atoms with Crippen molar-refractivity contribution in [3.63, 3.8) is 0 Å². The molecule has 1 amide bonds. The molecule has 1 aromatic heterocycles. The Hall–Kier alpha value is -2.08. The monoisotopic (exact) mass is 334 g/mol. The number of pyridine rings is 1. The summed E-state index contributed by atoms with van der Waals surface area (Å²) in [6.45, 7) is 0.115. The summed E-state index contributed by atoms with van der Waals surface area (Å²) in [5, 5.41) is 0. The molecular formula is C14H8BrFN2O2. The van der Waals surface area contributed by atoms with E-state index in [1.807, 2.05) is 0 Å². The molecule has 2 heterocycles. The second-order valence-corrected chi connectivity index (χ2v) is 5.31. The van der Waals surface area contributed by atoms with Crippen LogP contribution in [0.1, 0.15) is 15.9 Å². The molecule has 0 radical (unpaired) electrons. The summed E-state index contributed by atoms with van der Waals surface area (Å²) in [5.74, 6) is -1.63. The van der Waals surface area contributed by atoms with E-state index in [9.17, 15) is 14.0 Å². The number of nitrogens with zero attached hydrogens (tertiary/aromatic N) is 2. The summed E-state index contributed by atoms with van der Waals surface area (Å²) in [7, 11) is 0. The van der Waals surface area contributed by atoms with Crippen LogP contribution in [0.3, 0.4) is 0 Å². The van der Waals surface area contributed by atoms with Gasteiger partial charge in [-0.05, 0) is 29.8 Å². The standard InChI is InChI=1S/C14H8BrFN2O2/c15-9-1-2-12-11(4-9)13(19)14(20)18(12)7-8-3-10(16)6-17-5-8/h1-6H,7H2. The minimum Gasteiger partial charge on any atom is -0.300 e. The van der Waals surface area contributed by atoms with E-state index < -0.39 is 17.5 Å². The Bertz CT molecular complexity index is 733. The van der Waals surface area contributed by atoms with Crippen molar-refractivity contribution < 1.29 is 14.0 Å². The smallest absolute Gasteiger partial charge is 0.299 e. The first-order valence-electron chi connectivity index (χ1n) is 5.81. The number of carbonyl (C=O) groups excluding carboxylic acids is 2. The highest BCUT2D eigenvalue weighted by Crippen LogP contribution is 2.32. The Morgan fingerprint density at radius 2 is 2.00 bits per heavy atom. The van der Waals surface area contributed by atoms with Crippen LogP contribution in [0.2, 0.25) is 0 Å². The fourth-order valence-electron chi connectivity index (χ4n) is 2.15. The van der Waals surface area contributed by atoms with Crippen molar-refractivity contribution in [3.05, 3.63) is 58.1 Å². The molecule has 100 valence electrons. The number of carbonyl (C=O) groups is 2. The molecule has 20 heavy (non-hydrogen) atoms. The van der Waals surface area contributed by atoms with Gasteiger partial charge in [-0.2, -0.15) is 0 Å². The number of fused-ring (bicyclic) bond motifs is 1. The Balaban J connectivity index is 1.99. The summed E-state index contributed by atoms with van der Waals surface area (Å²) < 4.78 is 13.9. The molecule has 0 unspecified atom stereocenters. The van der Waals surface area contributed by atoms with Gasteiger partial charge in [0.1, 0.15) is 5.82 Å². The normalized spacial score (nSPS) is 13.8. The minimum absolute atomic E-state index is 0.115. The van der Waals surface area contributed by atoms with Crippen LogP contribution in [-0.4, -0.2) is 16.7 Å². The van der Waals surface area contributed by atoms with Crippen molar-refractivity contribution in [2.45, 2.75) is 6.54 Å². The van der Waals surface area contributed by atoms with Crippen LogP contribution in [0.15, 0.2) is 41.1 Å². The third kappa shape index (κ3) is 2.12. The molecule has 0 saturated carbocycles. The second kappa shape index (κ2) is 4.79. The third-order valence-corrected chi connectivity index (χ3v) is 3.53. The predicted octanol–water partition coefficient (Wildman–Crippen LogP) is 2.71. The van der Waals surface area contributed by atoms with E-state index >= 15 is 0 Å². The highest BCUT2D eigenvalue weighted by atomic mass is 79.9. The van der Waals surface area contributed by atoms with Crippen LogP contribution in [0, 0.1) is 5.82 Å². The van der Waals surface area contributed by atoms with E-state index in [0.29, 0.717) is 16.8 Å². The molecule has 0 N–H and O–H groups in total. The lowest BCUT2D eigenvalue weighted by Gasteiger charge is -2.16. The zero-order valence-corrected chi connectivity index (χ0v) is 11.7. The average Bonchev–Trinajstić information content (AvgIpc) is 2.64. The van der Waals surface area contributed by atoms with E-state index in [1.54, 1.807) is 18.2 Å². The number of halogens is 2. The van der Waals surface area contributed by atoms with Crippen molar-refractivity contribution in [2.75, 3.05) is 4.90 Å². The highest BCUT2D eigenvalue weighted by molar-refractivity contribution is 9.10. The summed E-state index contributed by atoms with van der Waals surface area (Å²) in [6, 6.07) is 6.34. The number of rotatable bonds is 2. The van der Waals surface area contributed by atoms with Crippen molar-refractivity contribution in [2.24, 2.45) is 0 Å². The minimum atomic E-state index is -0.609. The molecule has 0 atom stereocenters. The molecule has 2 aromatic rings. The Morgan fingerprint density at radius 1 is 1.20 bits per heavy atom. The van der Waals surface area contributed by atoms with Crippen LogP contribution < -0.4 is 4.90 Å². The zero-order chi connectivity index (χ0) is 14.3. The van der Waals surface area contributed by atoms with E-state index in [2.05, 4.69) is 20.9 Å². The van der Waals surface area contributed by atoms with Gasteiger partial charge in [0.25, 0.3) is 11.7 Å². The molecule has 0 saturated heterocycles. The maximum atomic E-state index is 13.1. The zero-order valence-electron chi connectivity index (χ0n) is 10.1. The summed E-state index contributed by atoms with van der Waals surface area (Å²) >= 11 is 3.27. The van der Waals surface area contributed by atoms with Crippen LogP contribution in [0.4, 0.5) is 10.1 Å². The fraction of sp³-hybridized carbons (Fsp3) is 0.0714. The molecular weight excluding hydrogens is 327 g/mol. The van der Waals surface area contributed by atoms with Gasteiger partial charge in [-0.3, -0.25) is 14.6 Å². The van der Waals surface area contributed by atoms with Crippen molar-refractivity contribution >= 4 is 33.3 Å². The maximum Gasteiger partial charge on any atom is 0.299 e. The van der Waals surface area contributed by atoms with E-state index in [-0.39, 0.29) is 6.54 Å². The van der Waals surface area contributed by atoms with Gasteiger partial charge in [0, 0.05) is 10.7 Å². The lowest BCUT2D eigenvalue weighted by molar-refractivity contribution is -0.114. The van der Waals surface area contributed by atoms with Gasteiger partial charge in [-0.15, -0.1) is 0 Å². The molecule has 0 fully saturated rings. The maximum absolute atomic E-state index is 13.1. The van der Waals surface area contributed by atoms with Gasteiger partial charge < -0.3 is 4.90 Å². The Morgan fingerprint density at radius 3 is 2.75 bits per heavy atom. The van der Waals surface area contributed by atoms with Crippen LogP contribution in [-0.2, 0) is 11.3 Å². The number of ketones is 1. The number of hydrogen-bond acceptors (Lipinski definition) is 3. The van der Waals surface area contributed by atoms with Gasteiger partial charge in [0.15, 0.2) is 0 Å². The molecule has 1 aliphatic rings. The number of anilines is 1. The van der Waals surface area contributed by atoms with Gasteiger partial charge in [0.2, 0.25) is 0 Å². The molecule has 3 rings (SSSR count). The number of amides is 1. The third-order valence-electron chi connectivity index (χ3n) is 3.04. The van der Waals surface area contributed by atoms with E-state index in [0.717, 1.165) is 10.7 Å². The molecule has 6 heteroatoms. The first-order valence-corrected chi connectivity index (χ1v) is 6.61. The van der Waals surface area contributed by atoms with Gasteiger partial charge in [-0.1, -0.05) is 15.9 Å². The summed E-state index contributed by atoms with van der Waals surface area (Å²) in [6.07, 6.45) is 2.56. The molecule has 4 nitrogen and oxygen atoms in total. The molecule has 0 aliphatic carbocycles. The van der Waals surface area contributed by atoms with Gasteiger partial charge in [0.05, 0.1) is 24.0 Å². The van der Waals surface area contributed by atoms with E-state index in [1.165, 1.54) is 17.2 Å². The number of benzene rings is 1. The van der Waals surface area contributed by atoms with Crippen LogP contribution >= 0.6 is 15.9 Å². The summed E-state index contributed by atoms with van der Waals surface area (Å²) in [5.41, 5.74) is 1.42. The Kier molecular flexibility index (Phi) is 3.10. The first-order chi connectivity index (χ1) is 9.56. The first kappa shape index (κ1) is 12.9. The van der Waals surface area contributed by atoms with Crippen LogP contribution in [0.5, 0.6) is 0 Å². The number of hydrogen-bond donors (Lipinski definition) is 0.